The molecule has 0 saturated heterocycles. The zero-order chi connectivity index (χ0) is 12.3. The molecule has 0 amide bonds. The number of rotatable bonds is 5. The largest absolute Gasteiger partial charge is 0.262 e. The van der Waals surface area contributed by atoms with E-state index in [0.29, 0.717) is 6.54 Å². The Balaban J connectivity index is 2.25. The Labute approximate surface area is 101 Å². The Hall–Kier alpha value is -1.65. The summed E-state index contributed by atoms with van der Waals surface area (Å²) >= 11 is 0. The predicted octanol–water partition coefficient (Wildman–Crippen LogP) is 1.67. The van der Waals surface area contributed by atoms with Crippen molar-refractivity contribution in [3.63, 3.8) is 0 Å². The molecule has 92 valence electrons. The zero-order valence-electron chi connectivity index (χ0n) is 10.7. The van der Waals surface area contributed by atoms with Gasteiger partial charge in [0.2, 0.25) is 0 Å². The number of aromatic nitrogens is 5. The van der Waals surface area contributed by atoms with Gasteiger partial charge >= 0.3 is 0 Å². The van der Waals surface area contributed by atoms with E-state index in [1.807, 2.05) is 9.36 Å². The third-order valence-corrected chi connectivity index (χ3v) is 2.92. The Bertz CT molecular complexity index is 483. The summed E-state index contributed by atoms with van der Waals surface area (Å²) in [6, 6.07) is 2.17. The Kier molecular flexibility index (Phi) is 3.56. The van der Waals surface area contributed by atoms with Crippen LogP contribution in [0.2, 0.25) is 0 Å². The molecule has 0 radical (unpaired) electrons. The van der Waals surface area contributed by atoms with Gasteiger partial charge in [-0.2, -0.15) is 10.2 Å². The summed E-state index contributed by atoms with van der Waals surface area (Å²) in [5, 5.41) is 8.76. The molecule has 5 heteroatoms. The van der Waals surface area contributed by atoms with Gasteiger partial charge in [-0.05, 0) is 25.8 Å². The first-order chi connectivity index (χ1) is 8.28. The van der Waals surface area contributed by atoms with Crippen molar-refractivity contribution in [2.24, 2.45) is 0 Å². The van der Waals surface area contributed by atoms with Crippen LogP contribution in [0.25, 0.3) is 0 Å². The molecule has 0 atom stereocenters. The Morgan fingerprint density at radius 1 is 1.12 bits per heavy atom. The molecule has 2 rings (SSSR count). The van der Waals surface area contributed by atoms with E-state index in [2.05, 4.69) is 42.0 Å². The van der Waals surface area contributed by atoms with E-state index in [-0.39, 0.29) is 0 Å². The Morgan fingerprint density at radius 2 is 1.94 bits per heavy atom. The molecule has 0 saturated carbocycles. The first-order valence-electron chi connectivity index (χ1n) is 6.20. The van der Waals surface area contributed by atoms with Crippen LogP contribution in [-0.2, 0) is 25.9 Å². The maximum atomic E-state index is 4.59. The molecule has 0 aromatic carbocycles. The van der Waals surface area contributed by atoms with E-state index in [9.17, 15) is 0 Å². The molecule has 0 bridgehead atoms. The van der Waals surface area contributed by atoms with Gasteiger partial charge in [-0.1, -0.05) is 13.8 Å². The molecule has 17 heavy (non-hydrogen) atoms. The average molecular weight is 233 g/mol. The van der Waals surface area contributed by atoms with Crippen molar-refractivity contribution in [3.8, 4) is 0 Å². The number of hydrogen-bond donors (Lipinski definition) is 0. The summed E-state index contributed by atoms with van der Waals surface area (Å²) in [6.07, 6.45) is 3.57. The summed E-state index contributed by atoms with van der Waals surface area (Å²) in [4.78, 5) is 4.28. The van der Waals surface area contributed by atoms with Crippen molar-refractivity contribution in [1.82, 2.24) is 24.5 Å². The van der Waals surface area contributed by atoms with Crippen molar-refractivity contribution >= 4 is 0 Å². The van der Waals surface area contributed by atoms with E-state index in [1.54, 1.807) is 6.33 Å². The van der Waals surface area contributed by atoms with Crippen molar-refractivity contribution in [1.29, 1.82) is 0 Å². The third-order valence-electron chi connectivity index (χ3n) is 2.92. The van der Waals surface area contributed by atoms with E-state index in [4.69, 9.17) is 0 Å². The normalized spacial score (nSPS) is 11.0. The van der Waals surface area contributed by atoms with Crippen LogP contribution in [0.1, 0.15) is 38.0 Å². The first-order valence-corrected chi connectivity index (χ1v) is 6.20. The van der Waals surface area contributed by atoms with Crippen LogP contribution >= 0.6 is 0 Å². The molecule has 0 spiro atoms. The summed E-state index contributed by atoms with van der Waals surface area (Å²) in [5.41, 5.74) is 2.40. The fourth-order valence-electron chi connectivity index (χ4n) is 1.92. The van der Waals surface area contributed by atoms with Crippen LogP contribution in [-0.4, -0.2) is 24.5 Å². The maximum Gasteiger partial charge on any atom is 0.148 e. The van der Waals surface area contributed by atoms with Gasteiger partial charge in [0, 0.05) is 12.2 Å². The Morgan fingerprint density at radius 3 is 2.59 bits per heavy atom. The van der Waals surface area contributed by atoms with E-state index < -0.39 is 0 Å². The fraction of sp³-hybridized carbons (Fsp3) is 0.583. The molecule has 0 N–H and O–H groups in total. The molecule has 0 aliphatic heterocycles. The average Bonchev–Trinajstić information content (AvgIpc) is 2.95. The molecule has 0 aliphatic rings. The highest BCUT2D eigenvalue weighted by molar-refractivity contribution is 5.11. The maximum absolute atomic E-state index is 4.59. The molecule has 0 unspecified atom stereocenters. The summed E-state index contributed by atoms with van der Waals surface area (Å²) in [5.74, 6) is 0.966. The predicted molar refractivity (Wildman–Crippen MR) is 65.8 cm³/mol. The lowest BCUT2D eigenvalue weighted by Gasteiger charge is -2.06. The zero-order valence-corrected chi connectivity index (χ0v) is 10.7. The molecule has 2 aromatic rings. The minimum Gasteiger partial charge on any atom is -0.262 e. The lowest BCUT2D eigenvalue weighted by Crippen LogP contribution is -2.12. The van der Waals surface area contributed by atoms with Crippen LogP contribution < -0.4 is 0 Å². The molecule has 0 fully saturated rings. The van der Waals surface area contributed by atoms with Crippen LogP contribution in [0.3, 0.4) is 0 Å². The number of hydrogen-bond acceptors (Lipinski definition) is 3. The van der Waals surface area contributed by atoms with E-state index >= 15 is 0 Å². The lowest BCUT2D eigenvalue weighted by molar-refractivity contribution is 0.553. The van der Waals surface area contributed by atoms with Gasteiger partial charge in [-0.25, -0.2) is 9.67 Å². The monoisotopic (exact) mass is 233 g/mol. The van der Waals surface area contributed by atoms with Gasteiger partial charge in [-0.3, -0.25) is 4.68 Å². The fourth-order valence-corrected chi connectivity index (χ4v) is 1.92. The van der Waals surface area contributed by atoms with Gasteiger partial charge in [-0.15, -0.1) is 0 Å². The molecule has 2 aromatic heterocycles. The second-order valence-corrected chi connectivity index (χ2v) is 3.98. The third kappa shape index (κ3) is 2.38. The van der Waals surface area contributed by atoms with Crippen LogP contribution in [0, 0.1) is 0 Å². The van der Waals surface area contributed by atoms with Gasteiger partial charge in [0.05, 0.1) is 5.69 Å². The standard InChI is InChI=1S/C12H19N5/c1-4-10-7-11(5-2)17(15-10)8-12-13-9-14-16(12)6-3/h7,9H,4-6,8H2,1-3H3. The van der Waals surface area contributed by atoms with Gasteiger partial charge < -0.3 is 0 Å². The quantitative estimate of drug-likeness (QED) is 0.789. The van der Waals surface area contributed by atoms with Crippen molar-refractivity contribution in [2.75, 3.05) is 0 Å². The van der Waals surface area contributed by atoms with Gasteiger partial charge in [0.25, 0.3) is 0 Å². The molecule has 2 heterocycles. The lowest BCUT2D eigenvalue weighted by atomic mass is 10.2. The van der Waals surface area contributed by atoms with E-state index in [1.165, 1.54) is 5.69 Å². The summed E-state index contributed by atoms with van der Waals surface area (Å²) < 4.78 is 3.95. The first kappa shape index (κ1) is 11.8. The molecular weight excluding hydrogens is 214 g/mol. The van der Waals surface area contributed by atoms with Crippen LogP contribution in [0.5, 0.6) is 0 Å². The molecular formula is C12H19N5. The minimum absolute atomic E-state index is 0.705. The number of nitrogens with zero attached hydrogens (tertiary/aromatic N) is 5. The van der Waals surface area contributed by atoms with E-state index in [0.717, 1.165) is 30.9 Å². The summed E-state index contributed by atoms with van der Waals surface area (Å²) in [7, 11) is 0. The number of aryl methyl sites for hydroxylation is 3. The SMILES string of the molecule is CCc1cc(CC)n(Cc2ncnn2CC)n1. The topological polar surface area (TPSA) is 48.5 Å². The highest BCUT2D eigenvalue weighted by Gasteiger charge is 2.09. The van der Waals surface area contributed by atoms with Gasteiger partial charge in [0.15, 0.2) is 0 Å². The highest BCUT2D eigenvalue weighted by Crippen LogP contribution is 2.08. The van der Waals surface area contributed by atoms with Crippen molar-refractivity contribution < 1.29 is 0 Å². The summed E-state index contributed by atoms with van der Waals surface area (Å²) in [6.45, 7) is 7.90. The second kappa shape index (κ2) is 5.12. The molecule has 0 aliphatic carbocycles. The smallest absolute Gasteiger partial charge is 0.148 e. The van der Waals surface area contributed by atoms with Gasteiger partial charge in [0.1, 0.15) is 18.7 Å². The minimum atomic E-state index is 0.705. The van der Waals surface area contributed by atoms with Crippen LogP contribution in [0.15, 0.2) is 12.4 Å². The van der Waals surface area contributed by atoms with Crippen molar-refractivity contribution in [2.45, 2.75) is 46.7 Å². The van der Waals surface area contributed by atoms with Crippen molar-refractivity contribution in [3.05, 3.63) is 29.6 Å². The molecule has 5 nitrogen and oxygen atoms in total. The second-order valence-electron chi connectivity index (χ2n) is 3.98. The highest BCUT2D eigenvalue weighted by atomic mass is 15.4. The van der Waals surface area contributed by atoms with Crippen LogP contribution in [0.4, 0.5) is 0 Å².